The quantitative estimate of drug-likeness (QED) is 0.769. The van der Waals surface area contributed by atoms with E-state index in [0.29, 0.717) is 11.8 Å². The Kier molecular flexibility index (Phi) is 5.04. The Morgan fingerprint density at radius 3 is 2.54 bits per heavy atom. The van der Waals surface area contributed by atoms with Crippen LogP contribution >= 0.6 is 11.8 Å². The van der Waals surface area contributed by atoms with Crippen molar-refractivity contribution < 1.29 is 26.4 Å². The van der Waals surface area contributed by atoms with E-state index < -0.39 is 32.7 Å². The largest absolute Gasteiger partial charge is 0.416 e. The third-order valence-electron chi connectivity index (χ3n) is 4.69. The van der Waals surface area contributed by atoms with Crippen LogP contribution < -0.4 is 0 Å². The highest BCUT2D eigenvalue weighted by Gasteiger charge is 2.44. The Balaban J connectivity index is 1.93. The molecule has 144 valence electrons. The summed E-state index contributed by atoms with van der Waals surface area (Å²) >= 11 is 1.28. The van der Waals surface area contributed by atoms with E-state index in [1.807, 2.05) is 0 Å². The maximum Gasteiger partial charge on any atom is 0.416 e. The number of likely N-dealkylation sites (N-methyl/N-ethyl adjacent to an activating group) is 1. The van der Waals surface area contributed by atoms with E-state index in [1.54, 1.807) is 11.9 Å². The van der Waals surface area contributed by atoms with Gasteiger partial charge in [0.05, 0.1) is 16.3 Å². The zero-order chi connectivity index (χ0) is 19.3. The van der Waals surface area contributed by atoms with Crippen molar-refractivity contribution in [3.05, 3.63) is 29.3 Å². The van der Waals surface area contributed by atoms with E-state index in [4.69, 9.17) is 0 Å². The number of rotatable bonds is 4. The lowest BCUT2D eigenvalue weighted by Gasteiger charge is -2.27. The molecule has 2 fully saturated rings. The van der Waals surface area contributed by atoms with Gasteiger partial charge in [0.15, 0.2) is 0 Å². The molecule has 0 bridgehead atoms. The van der Waals surface area contributed by atoms with E-state index in [9.17, 15) is 26.4 Å². The predicted octanol–water partition coefficient (Wildman–Crippen LogP) is 2.70. The molecule has 26 heavy (non-hydrogen) atoms. The SMILES string of the molecule is Cc1ccc(S(=O)(=O)N2CSC[C@@H]2C(=O)N(C)C2CC2)cc1C(F)(F)F. The molecule has 0 spiro atoms. The van der Waals surface area contributed by atoms with Crippen molar-refractivity contribution in [2.75, 3.05) is 18.7 Å². The summed E-state index contributed by atoms with van der Waals surface area (Å²) in [7, 11) is -2.57. The Morgan fingerprint density at radius 2 is 1.96 bits per heavy atom. The average Bonchev–Trinajstić information content (AvgIpc) is 3.28. The monoisotopic (exact) mass is 408 g/mol. The minimum atomic E-state index is -4.64. The van der Waals surface area contributed by atoms with Gasteiger partial charge in [0, 0.05) is 18.8 Å². The Labute approximate surface area is 154 Å². The van der Waals surface area contributed by atoms with E-state index >= 15 is 0 Å². The fourth-order valence-corrected chi connectivity index (χ4v) is 6.10. The Hall–Kier alpha value is -1.26. The van der Waals surface area contributed by atoms with Crippen molar-refractivity contribution in [3.8, 4) is 0 Å². The van der Waals surface area contributed by atoms with Gasteiger partial charge in [-0.15, -0.1) is 11.8 Å². The topological polar surface area (TPSA) is 57.7 Å². The van der Waals surface area contributed by atoms with Crippen LogP contribution in [0, 0.1) is 6.92 Å². The molecule has 1 aliphatic heterocycles. The van der Waals surface area contributed by atoms with Crippen LogP contribution in [0.1, 0.15) is 24.0 Å². The van der Waals surface area contributed by atoms with Gasteiger partial charge in [-0.3, -0.25) is 4.79 Å². The zero-order valence-electron chi connectivity index (χ0n) is 14.3. The summed E-state index contributed by atoms with van der Waals surface area (Å²) in [6.45, 7) is 1.28. The maximum absolute atomic E-state index is 13.1. The Bertz CT molecular complexity index is 823. The highest BCUT2D eigenvalue weighted by atomic mass is 32.2. The summed E-state index contributed by atoms with van der Waals surface area (Å²) in [5, 5.41) is 0. The highest BCUT2D eigenvalue weighted by molar-refractivity contribution is 8.00. The molecule has 1 heterocycles. The lowest BCUT2D eigenvalue weighted by Crippen LogP contribution is -2.48. The van der Waals surface area contributed by atoms with Gasteiger partial charge in [-0.05, 0) is 37.5 Å². The van der Waals surface area contributed by atoms with Gasteiger partial charge in [0.2, 0.25) is 15.9 Å². The van der Waals surface area contributed by atoms with Crippen LogP contribution in [0.15, 0.2) is 23.1 Å². The predicted molar refractivity (Wildman–Crippen MR) is 92.1 cm³/mol. The number of hydrogen-bond acceptors (Lipinski definition) is 4. The molecular weight excluding hydrogens is 389 g/mol. The van der Waals surface area contributed by atoms with Gasteiger partial charge in [-0.1, -0.05) is 6.07 Å². The minimum absolute atomic E-state index is 0.0478. The van der Waals surface area contributed by atoms with Crippen LogP contribution in [0.4, 0.5) is 13.2 Å². The van der Waals surface area contributed by atoms with Gasteiger partial charge >= 0.3 is 6.18 Å². The third kappa shape index (κ3) is 3.59. The molecular formula is C16H19F3N2O3S2. The van der Waals surface area contributed by atoms with E-state index in [-0.39, 0.29) is 23.4 Å². The molecule has 1 aromatic carbocycles. The molecule has 1 saturated heterocycles. The van der Waals surface area contributed by atoms with Crippen molar-refractivity contribution in [1.29, 1.82) is 0 Å². The van der Waals surface area contributed by atoms with Gasteiger partial charge in [-0.25, -0.2) is 8.42 Å². The van der Waals surface area contributed by atoms with Crippen LogP contribution in [0.5, 0.6) is 0 Å². The Morgan fingerprint density at radius 1 is 1.31 bits per heavy atom. The smallest absolute Gasteiger partial charge is 0.341 e. The molecule has 1 aromatic rings. The average molecular weight is 408 g/mol. The maximum atomic E-state index is 13.1. The highest BCUT2D eigenvalue weighted by Crippen LogP contribution is 2.36. The second-order valence-corrected chi connectivity index (χ2v) is 9.45. The lowest BCUT2D eigenvalue weighted by atomic mass is 10.1. The van der Waals surface area contributed by atoms with E-state index in [2.05, 4.69) is 0 Å². The first-order valence-corrected chi connectivity index (χ1v) is 10.7. The molecule has 10 heteroatoms. The van der Waals surface area contributed by atoms with E-state index in [0.717, 1.165) is 29.3 Å². The molecule has 1 saturated carbocycles. The fraction of sp³-hybridized carbons (Fsp3) is 0.562. The van der Waals surface area contributed by atoms with Gasteiger partial charge in [-0.2, -0.15) is 17.5 Å². The number of alkyl halides is 3. The summed E-state index contributed by atoms with van der Waals surface area (Å²) in [4.78, 5) is 13.7. The number of benzene rings is 1. The zero-order valence-corrected chi connectivity index (χ0v) is 15.9. The van der Waals surface area contributed by atoms with Crippen LogP contribution in [-0.2, 0) is 21.0 Å². The van der Waals surface area contributed by atoms with Crippen molar-refractivity contribution in [1.82, 2.24) is 9.21 Å². The fourth-order valence-electron chi connectivity index (χ4n) is 2.94. The molecule has 3 rings (SSSR count). The van der Waals surface area contributed by atoms with Gasteiger partial charge in [0.25, 0.3) is 0 Å². The molecule has 0 unspecified atom stereocenters. The summed E-state index contributed by atoms with van der Waals surface area (Å²) in [6.07, 6.45) is -2.86. The van der Waals surface area contributed by atoms with Crippen LogP contribution in [0.2, 0.25) is 0 Å². The summed E-state index contributed by atoms with van der Waals surface area (Å²) in [5.41, 5.74) is -1.03. The number of aryl methyl sites for hydroxylation is 1. The van der Waals surface area contributed by atoms with Crippen LogP contribution in [0.3, 0.4) is 0 Å². The molecule has 0 aromatic heterocycles. The van der Waals surface area contributed by atoms with E-state index in [1.165, 1.54) is 18.7 Å². The summed E-state index contributed by atoms with van der Waals surface area (Å²) in [6, 6.07) is 2.21. The van der Waals surface area contributed by atoms with Crippen molar-refractivity contribution in [3.63, 3.8) is 0 Å². The summed E-state index contributed by atoms with van der Waals surface area (Å²) < 4.78 is 66.2. The normalized spacial score (nSPS) is 21.8. The molecule has 1 aliphatic carbocycles. The molecule has 1 amide bonds. The number of halogens is 3. The number of thioether (sulfide) groups is 1. The van der Waals surface area contributed by atoms with Gasteiger partial charge < -0.3 is 4.90 Å². The molecule has 0 N–H and O–H groups in total. The molecule has 0 radical (unpaired) electrons. The number of hydrogen-bond donors (Lipinski definition) is 0. The molecule has 1 atom stereocenters. The number of carbonyl (C=O) groups excluding carboxylic acids is 1. The number of nitrogens with zero attached hydrogens (tertiary/aromatic N) is 2. The number of carbonyl (C=O) groups is 1. The van der Waals surface area contributed by atoms with Crippen LogP contribution in [-0.4, -0.2) is 54.3 Å². The van der Waals surface area contributed by atoms with Crippen molar-refractivity contribution in [2.45, 2.75) is 42.9 Å². The first-order valence-electron chi connectivity index (χ1n) is 8.07. The second kappa shape index (κ2) is 6.72. The van der Waals surface area contributed by atoms with Gasteiger partial charge in [0.1, 0.15) is 6.04 Å². The molecule has 2 aliphatic rings. The minimum Gasteiger partial charge on any atom is -0.341 e. The molecule has 5 nitrogen and oxygen atoms in total. The number of sulfonamides is 1. The summed E-state index contributed by atoms with van der Waals surface area (Å²) in [5.74, 6) is 0.0452. The standard InChI is InChI=1S/C16H19F3N2O3S2/c1-10-3-6-12(7-13(10)16(17,18)19)26(23,24)21-9-25-8-14(21)15(22)20(2)11-4-5-11/h3,6-7,11,14H,4-5,8-9H2,1-2H3/t14-/m1/s1. The van der Waals surface area contributed by atoms with Crippen molar-refractivity contribution in [2.24, 2.45) is 0 Å². The number of amides is 1. The third-order valence-corrected chi connectivity index (χ3v) is 7.72. The first kappa shape index (κ1) is 19.5. The first-order chi connectivity index (χ1) is 12.0. The second-order valence-electron chi connectivity index (χ2n) is 6.56. The van der Waals surface area contributed by atoms with Crippen LogP contribution in [0.25, 0.3) is 0 Å². The lowest BCUT2D eigenvalue weighted by molar-refractivity contribution is -0.138. The van der Waals surface area contributed by atoms with Crippen molar-refractivity contribution >= 4 is 27.7 Å².